The van der Waals surface area contributed by atoms with Gasteiger partial charge in [0.05, 0.1) is 12.7 Å². The highest BCUT2D eigenvalue weighted by molar-refractivity contribution is 6.13. The summed E-state index contributed by atoms with van der Waals surface area (Å²) in [4.78, 5) is 36.3. The molecule has 0 aliphatic carbocycles. The number of imide groups is 1. The normalized spacial score (nSPS) is 14.7. The Morgan fingerprint density at radius 1 is 1.13 bits per heavy atom. The maximum Gasteiger partial charge on any atom is 0.335 e. The maximum absolute atomic E-state index is 12.3. The van der Waals surface area contributed by atoms with E-state index in [1.807, 2.05) is 6.92 Å². The van der Waals surface area contributed by atoms with E-state index in [0.29, 0.717) is 30.0 Å². The van der Waals surface area contributed by atoms with Crippen LogP contribution in [0.2, 0.25) is 0 Å². The Balaban J connectivity index is 1.73. The number of nitrogens with zero attached hydrogens (tertiary/aromatic N) is 1. The van der Waals surface area contributed by atoms with Crippen LogP contribution in [0.25, 0.3) is 6.08 Å². The minimum absolute atomic E-state index is 0.208. The van der Waals surface area contributed by atoms with E-state index in [1.54, 1.807) is 36.4 Å². The van der Waals surface area contributed by atoms with Crippen molar-refractivity contribution < 1.29 is 29.0 Å². The molecular formula is C22H22N2O6. The molecule has 1 fully saturated rings. The Hall–Kier alpha value is -3.81. The molecule has 0 unspecified atom stereocenters. The second-order valence-corrected chi connectivity index (χ2v) is 6.65. The summed E-state index contributed by atoms with van der Waals surface area (Å²) in [7, 11) is 1.51. The van der Waals surface area contributed by atoms with Crippen molar-refractivity contribution in [3.8, 4) is 11.5 Å². The molecule has 0 atom stereocenters. The Bertz CT molecular complexity index is 997. The molecule has 1 heterocycles. The first-order valence-corrected chi connectivity index (χ1v) is 9.40. The van der Waals surface area contributed by atoms with Gasteiger partial charge in [-0.25, -0.2) is 9.59 Å². The fourth-order valence-electron chi connectivity index (χ4n) is 2.96. The van der Waals surface area contributed by atoms with Crippen molar-refractivity contribution in [2.75, 3.05) is 13.7 Å². The van der Waals surface area contributed by atoms with Gasteiger partial charge in [0.2, 0.25) is 0 Å². The molecule has 0 saturated carbocycles. The second-order valence-electron chi connectivity index (χ2n) is 6.65. The third-order valence-corrected chi connectivity index (χ3v) is 4.50. The van der Waals surface area contributed by atoms with Gasteiger partial charge in [-0.3, -0.25) is 9.69 Å². The first-order chi connectivity index (χ1) is 14.4. The molecule has 2 aromatic carbocycles. The first kappa shape index (κ1) is 20.9. The highest BCUT2D eigenvalue weighted by Crippen LogP contribution is 2.30. The SMILES string of the molecule is CCCN1C(=O)N/C(=C/c2ccc(OCc3ccc(C(=O)O)cc3)c(OC)c2)C1=O. The zero-order chi connectivity index (χ0) is 21.7. The van der Waals surface area contributed by atoms with Gasteiger partial charge in [0.1, 0.15) is 12.3 Å². The molecule has 3 rings (SSSR count). The van der Waals surface area contributed by atoms with Crippen LogP contribution in [0.5, 0.6) is 11.5 Å². The number of hydrogen-bond acceptors (Lipinski definition) is 5. The van der Waals surface area contributed by atoms with E-state index >= 15 is 0 Å². The van der Waals surface area contributed by atoms with Gasteiger partial charge in [-0.2, -0.15) is 0 Å². The predicted octanol–water partition coefficient (Wildman–Crippen LogP) is 3.28. The summed E-state index contributed by atoms with van der Waals surface area (Å²) in [6.45, 7) is 2.50. The molecule has 8 heteroatoms. The predicted molar refractivity (Wildman–Crippen MR) is 109 cm³/mol. The van der Waals surface area contributed by atoms with Crippen molar-refractivity contribution in [3.05, 3.63) is 64.9 Å². The summed E-state index contributed by atoms with van der Waals surface area (Å²) in [5.41, 5.74) is 1.90. The Morgan fingerprint density at radius 3 is 2.50 bits per heavy atom. The number of rotatable bonds is 8. The van der Waals surface area contributed by atoms with Crippen LogP contribution in [0.3, 0.4) is 0 Å². The average Bonchev–Trinajstić information content (AvgIpc) is 3.00. The Labute approximate surface area is 173 Å². The number of carboxylic acid groups (broad SMARTS) is 1. The van der Waals surface area contributed by atoms with Gasteiger partial charge in [-0.15, -0.1) is 0 Å². The molecule has 8 nitrogen and oxygen atoms in total. The monoisotopic (exact) mass is 410 g/mol. The number of benzene rings is 2. The number of aromatic carboxylic acids is 1. The van der Waals surface area contributed by atoms with Crippen molar-refractivity contribution in [1.82, 2.24) is 10.2 Å². The Morgan fingerprint density at radius 2 is 1.87 bits per heavy atom. The summed E-state index contributed by atoms with van der Waals surface area (Å²) in [5.74, 6) is -0.375. The maximum atomic E-state index is 12.3. The molecule has 0 bridgehead atoms. The lowest BCUT2D eigenvalue weighted by Crippen LogP contribution is -2.31. The molecule has 3 amide bonds. The van der Waals surface area contributed by atoms with Gasteiger partial charge in [-0.1, -0.05) is 25.1 Å². The number of hydrogen-bond donors (Lipinski definition) is 2. The van der Waals surface area contributed by atoms with E-state index < -0.39 is 12.0 Å². The molecule has 0 aromatic heterocycles. The van der Waals surface area contributed by atoms with Gasteiger partial charge in [0, 0.05) is 6.54 Å². The van der Waals surface area contributed by atoms with E-state index in [9.17, 15) is 14.4 Å². The molecule has 0 radical (unpaired) electrons. The minimum Gasteiger partial charge on any atom is -0.493 e. The molecule has 1 aliphatic rings. The lowest BCUT2D eigenvalue weighted by molar-refractivity contribution is -0.122. The van der Waals surface area contributed by atoms with Gasteiger partial charge >= 0.3 is 12.0 Å². The zero-order valence-corrected chi connectivity index (χ0v) is 16.7. The molecule has 156 valence electrons. The highest BCUT2D eigenvalue weighted by atomic mass is 16.5. The van der Waals surface area contributed by atoms with E-state index in [4.69, 9.17) is 14.6 Å². The van der Waals surface area contributed by atoms with Crippen LogP contribution in [0.1, 0.15) is 34.8 Å². The number of amides is 3. The van der Waals surface area contributed by atoms with Crippen LogP contribution < -0.4 is 14.8 Å². The standard InChI is InChI=1S/C22H22N2O6/c1-3-10-24-20(25)17(23-22(24)28)11-15-6-9-18(19(12-15)29-2)30-13-14-4-7-16(8-5-14)21(26)27/h4-9,11-12H,3,10,13H2,1-2H3,(H,23,28)(H,26,27)/b17-11+. The van der Waals surface area contributed by atoms with E-state index in [2.05, 4.69) is 5.32 Å². The Kier molecular flexibility index (Phi) is 6.36. The quantitative estimate of drug-likeness (QED) is 0.511. The van der Waals surface area contributed by atoms with Crippen LogP contribution >= 0.6 is 0 Å². The van der Waals surface area contributed by atoms with Crippen molar-refractivity contribution >= 4 is 24.0 Å². The summed E-state index contributed by atoms with van der Waals surface area (Å²) >= 11 is 0. The third kappa shape index (κ3) is 4.60. The van der Waals surface area contributed by atoms with Gasteiger partial charge in [0.15, 0.2) is 11.5 Å². The number of methoxy groups -OCH3 is 1. The minimum atomic E-state index is -0.983. The molecular weight excluding hydrogens is 388 g/mol. The second kappa shape index (κ2) is 9.13. The fourth-order valence-corrected chi connectivity index (χ4v) is 2.96. The topological polar surface area (TPSA) is 105 Å². The number of carboxylic acids is 1. The number of ether oxygens (including phenoxy) is 2. The zero-order valence-electron chi connectivity index (χ0n) is 16.7. The summed E-state index contributed by atoms with van der Waals surface area (Å²) in [5, 5.41) is 11.5. The van der Waals surface area contributed by atoms with Crippen molar-refractivity contribution in [3.63, 3.8) is 0 Å². The largest absolute Gasteiger partial charge is 0.493 e. The van der Waals surface area contributed by atoms with Gasteiger partial charge in [0.25, 0.3) is 5.91 Å². The van der Waals surface area contributed by atoms with Crippen LogP contribution in [0.15, 0.2) is 48.2 Å². The molecule has 1 aliphatic heterocycles. The van der Waals surface area contributed by atoms with Crippen LogP contribution in [-0.2, 0) is 11.4 Å². The molecule has 0 spiro atoms. The summed E-state index contributed by atoms with van der Waals surface area (Å²) in [6.07, 6.45) is 2.28. The van der Waals surface area contributed by atoms with E-state index in [-0.39, 0.29) is 23.8 Å². The number of carbonyl (C=O) groups is 3. The summed E-state index contributed by atoms with van der Waals surface area (Å²) < 4.78 is 11.2. The van der Waals surface area contributed by atoms with Crippen LogP contribution in [0, 0.1) is 0 Å². The smallest absolute Gasteiger partial charge is 0.335 e. The van der Waals surface area contributed by atoms with Crippen molar-refractivity contribution in [1.29, 1.82) is 0 Å². The van der Waals surface area contributed by atoms with Crippen molar-refractivity contribution in [2.24, 2.45) is 0 Å². The highest BCUT2D eigenvalue weighted by Gasteiger charge is 2.32. The van der Waals surface area contributed by atoms with Crippen molar-refractivity contribution in [2.45, 2.75) is 20.0 Å². The fraction of sp³-hybridized carbons (Fsp3) is 0.227. The van der Waals surface area contributed by atoms with E-state index in [1.165, 1.54) is 24.1 Å². The number of urea groups is 1. The van der Waals surface area contributed by atoms with E-state index in [0.717, 1.165) is 5.56 Å². The molecule has 2 aromatic rings. The average molecular weight is 410 g/mol. The molecule has 1 saturated heterocycles. The van der Waals surface area contributed by atoms with Crippen LogP contribution in [0.4, 0.5) is 4.79 Å². The molecule has 2 N–H and O–H groups in total. The lowest BCUT2D eigenvalue weighted by atomic mass is 10.1. The number of nitrogens with one attached hydrogen (secondary N) is 1. The number of carbonyl (C=O) groups excluding carboxylic acids is 2. The van der Waals surface area contributed by atoms with Gasteiger partial charge < -0.3 is 19.9 Å². The molecule has 30 heavy (non-hydrogen) atoms. The lowest BCUT2D eigenvalue weighted by Gasteiger charge is -2.12. The van der Waals surface area contributed by atoms with Gasteiger partial charge in [-0.05, 0) is 47.9 Å². The summed E-state index contributed by atoms with van der Waals surface area (Å²) in [6, 6.07) is 11.1. The van der Waals surface area contributed by atoms with Crippen LogP contribution in [-0.4, -0.2) is 41.6 Å². The third-order valence-electron chi connectivity index (χ3n) is 4.50. The first-order valence-electron chi connectivity index (χ1n) is 9.40.